The molecule has 1 aliphatic carbocycles. The fourth-order valence-electron chi connectivity index (χ4n) is 3.59. The normalized spacial score (nSPS) is 27.8. The van der Waals surface area contributed by atoms with Gasteiger partial charge in [0.1, 0.15) is 5.75 Å². The van der Waals surface area contributed by atoms with Crippen LogP contribution in [0, 0.1) is 22.0 Å². The first-order chi connectivity index (χ1) is 10.8. The molecule has 8 nitrogen and oxygen atoms in total. The number of rotatable bonds is 4. The van der Waals surface area contributed by atoms with Crippen molar-refractivity contribution in [3.63, 3.8) is 0 Å². The van der Waals surface area contributed by atoms with Gasteiger partial charge in [0.05, 0.1) is 18.1 Å². The molecule has 23 heavy (non-hydrogen) atoms. The highest BCUT2D eigenvalue weighted by molar-refractivity contribution is 7.89. The maximum atomic E-state index is 12.8. The van der Waals surface area contributed by atoms with E-state index in [1.807, 2.05) is 0 Å². The number of hydrogen-bond donors (Lipinski definition) is 1. The highest BCUT2D eigenvalue weighted by Gasteiger charge is 2.46. The Morgan fingerprint density at radius 1 is 1.35 bits per heavy atom. The van der Waals surface area contributed by atoms with Gasteiger partial charge >= 0.3 is 0 Å². The van der Waals surface area contributed by atoms with Gasteiger partial charge in [0.15, 0.2) is 4.90 Å². The van der Waals surface area contributed by atoms with Crippen LogP contribution >= 0.6 is 0 Å². The summed E-state index contributed by atoms with van der Waals surface area (Å²) < 4.78 is 31.9. The lowest BCUT2D eigenvalue weighted by atomic mass is 9.98. The van der Waals surface area contributed by atoms with Gasteiger partial charge in [0.2, 0.25) is 10.0 Å². The van der Waals surface area contributed by atoms with E-state index in [2.05, 4.69) is 0 Å². The molecule has 1 saturated carbocycles. The number of hydrogen-bond acceptors (Lipinski definition) is 6. The maximum Gasteiger partial charge on any atom is 0.293 e. The van der Waals surface area contributed by atoms with Crippen LogP contribution in [0.15, 0.2) is 23.1 Å². The summed E-state index contributed by atoms with van der Waals surface area (Å²) in [5.41, 5.74) is 5.57. The molecule has 9 heteroatoms. The average molecular weight is 341 g/mol. The third-order valence-electron chi connectivity index (χ3n) is 4.86. The van der Waals surface area contributed by atoms with Crippen molar-refractivity contribution in [2.75, 3.05) is 20.2 Å². The zero-order chi connectivity index (χ0) is 16.8. The van der Waals surface area contributed by atoms with Crippen LogP contribution in [0.3, 0.4) is 0 Å². The number of nitro groups is 1. The Bertz CT molecular complexity index is 736. The smallest absolute Gasteiger partial charge is 0.293 e. The van der Waals surface area contributed by atoms with Gasteiger partial charge in [0.25, 0.3) is 5.69 Å². The number of methoxy groups -OCH3 is 1. The molecule has 1 saturated heterocycles. The summed E-state index contributed by atoms with van der Waals surface area (Å²) in [6.45, 7) is 0.710. The summed E-state index contributed by atoms with van der Waals surface area (Å²) in [6, 6.07) is 3.80. The van der Waals surface area contributed by atoms with Crippen molar-refractivity contribution in [2.24, 2.45) is 17.6 Å². The van der Waals surface area contributed by atoms with Gasteiger partial charge < -0.3 is 10.5 Å². The molecule has 126 valence electrons. The second kappa shape index (κ2) is 5.73. The van der Waals surface area contributed by atoms with Crippen LogP contribution in [0.2, 0.25) is 0 Å². The van der Waals surface area contributed by atoms with Crippen molar-refractivity contribution in [3.8, 4) is 5.75 Å². The summed E-state index contributed by atoms with van der Waals surface area (Å²) >= 11 is 0. The second-order valence-electron chi connectivity index (χ2n) is 6.08. The van der Waals surface area contributed by atoms with E-state index in [4.69, 9.17) is 10.5 Å². The van der Waals surface area contributed by atoms with Gasteiger partial charge in [-0.1, -0.05) is 0 Å². The third kappa shape index (κ3) is 2.68. The Balaban J connectivity index is 1.96. The molecular weight excluding hydrogens is 322 g/mol. The molecular formula is C14H19N3O5S. The van der Waals surface area contributed by atoms with Gasteiger partial charge in [-0.2, -0.15) is 4.31 Å². The Morgan fingerprint density at radius 2 is 2.09 bits per heavy atom. The van der Waals surface area contributed by atoms with Gasteiger partial charge in [-0.3, -0.25) is 10.1 Å². The number of ether oxygens (including phenoxy) is 1. The van der Waals surface area contributed by atoms with Gasteiger partial charge in [0, 0.05) is 19.1 Å². The largest absolute Gasteiger partial charge is 0.497 e. The lowest BCUT2D eigenvalue weighted by molar-refractivity contribution is -0.387. The zero-order valence-corrected chi connectivity index (χ0v) is 13.5. The van der Waals surface area contributed by atoms with E-state index in [9.17, 15) is 18.5 Å². The molecule has 2 fully saturated rings. The molecule has 1 aromatic carbocycles. The number of benzene rings is 1. The molecule has 0 aromatic heterocycles. The molecule has 1 heterocycles. The molecule has 3 rings (SSSR count). The first-order valence-electron chi connectivity index (χ1n) is 7.42. The number of nitrogens with zero attached hydrogens (tertiary/aromatic N) is 2. The van der Waals surface area contributed by atoms with E-state index in [0.29, 0.717) is 13.1 Å². The Kier molecular flexibility index (Phi) is 4.03. The molecule has 0 amide bonds. The van der Waals surface area contributed by atoms with Crippen molar-refractivity contribution < 1.29 is 18.1 Å². The summed E-state index contributed by atoms with van der Waals surface area (Å²) in [6.07, 6.45) is 1.81. The molecule has 3 atom stereocenters. The molecule has 1 aliphatic heterocycles. The molecule has 0 radical (unpaired) electrons. The minimum absolute atomic E-state index is 0.00560. The first-order valence-corrected chi connectivity index (χ1v) is 8.86. The average Bonchev–Trinajstić information content (AvgIpc) is 3.09. The maximum absolute atomic E-state index is 12.8. The van der Waals surface area contributed by atoms with Crippen LogP contribution in [0.5, 0.6) is 5.75 Å². The monoisotopic (exact) mass is 341 g/mol. The molecule has 1 aromatic rings. The minimum atomic E-state index is -3.92. The molecule has 2 N–H and O–H groups in total. The predicted octanol–water partition coefficient (Wildman–Crippen LogP) is 0.961. The third-order valence-corrected chi connectivity index (χ3v) is 6.74. The topological polar surface area (TPSA) is 116 Å². The summed E-state index contributed by atoms with van der Waals surface area (Å²) in [5.74, 6) is 0.634. The number of sulfonamides is 1. The van der Waals surface area contributed by atoms with Crippen LogP contribution < -0.4 is 10.5 Å². The fraction of sp³-hybridized carbons (Fsp3) is 0.571. The summed E-state index contributed by atoms with van der Waals surface area (Å²) in [4.78, 5) is 10.3. The van der Waals surface area contributed by atoms with Crippen molar-refractivity contribution in [1.29, 1.82) is 0 Å². The highest BCUT2D eigenvalue weighted by atomic mass is 32.2. The minimum Gasteiger partial charge on any atom is -0.497 e. The Hall–Kier alpha value is -1.71. The SMILES string of the molecule is COc1ccc(S(=O)(=O)N2CC3CCC(N)C3C2)c([N+](=O)[O-])c1. The van der Waals surface area contributed by atoms with Crippen molar-refractivity contribution in [1.82, 2.24) is 4.31 Å². The molecule has 0 bridgehead atoms. The van der Waals surface area contributed by atoms with E-state index < -0.39 is 20.6 Å². The predicted molar refractivity (Wildman–Crippen MR) is 82.6 cm³/mol. The first kappa shape index (κ1) is 16.2. The zero-order valence-electron chi connectivity index (χ0n) is 12.7. The molecule has 0 spiro atoms. The summed E-state index contributed by atoms with van der Waals surface area (Å²) in [7, 11) is -2.55. The highest BCUT2D eigenvalue weighted by Crippen LogP contribution is 2.40. The fourth-order valence-corrected chi connectivity index (χ4v) is 5.26. The molecule has 2 aliphatic rings. The van der Waals surface area contributed by atoms with Crippen molar-refractivity contribution in [2.45, 2.75) is 23.8 Å². The van der Waals surface area contributed by atoms with E-state index in [-0.39, 0.29) is 28.5 Å². The number of fused-ring (bicyclic) bond motifs is 1. The van der Waals surface area contributed by atoms with Crippen LogP contribution in [0.1, 0.15) is 12.8 Å². The van der Waals surface area contributed by atoms with Gasteiger partial charge in [-0.15, -0.1) is 0 Å². The van der Waals surface area contributed by atoms with E-state index in [1.165, 1.54) is 23.5 Å². The van der Waals surface area contributed by atoms with Crippen LogP contribution in [0.25, 0.3) is 0 Å². The second-order valence-corrected chi connectivity index (χ2v) is 7.98. The Morgan fingerprint density at radius 3 is 2.70 bits per heavy atom. The van der Waals surface area contributed by atoms with Crippen LogP contribution in [0.4, 0.5) is 5.69 Å². The van der Waals surface area contributed by atoms with E-state index in [1.54, 1.807) is 0 Å². The lowest BCUT2D eigenvalue weighted by Gasteiger charge is -2.18. The van der Waals surface area contributed by atoms with E-state index >= 15 is 0 Å². The number of nitrogens with two attached hydrogens (primary N) is 1. The van der Waals surface area contributed by atoms with Gasteiger partial charge in [-0.05, 0) is 36.8 Å². The summed E-state index contributed by atoms with van der Waals surface area (Å²) in [5, 5.41) is 11.2. The lowest BCUT2D eigenvalue weighted by Crippen LogP contribution is -2.33. The number of nitro benzene ring substituents is 1. The van der Waals surface area contributed by atoms with E-state index in [0.717, 1.165) is 18.9 Å². The standard InChI is InChI=1S/C14H19N3O5S/c1-22-10-3-5-14(13(6-10)17(18)19)23(20,21)16-7-9-2-4-12(15)11(9)8-16/h3,5-6,9,11-12H,2,4,7-8,15H2,1H3. The van der Waals surface area contributed by atoms with Gasteiger partial charge in [-0.25, -0.2) is 8.42 Å². The molecule has 3 unspecified atom stereocenters. The van der Waals surface area contributed by atoms with Crippen LogP contribution in [-0.2, 0) is 10.0 Å². The quantitative estimate of drug-likeness (QED) is 0.644. The van der Waals surface area contributed by atoms with Crippen LogP contribution in [-0.4, -0.2) is 43.9 Å². The van der Waals surface area contributed by atoms with Crippen molar-refractivity contribution in [3.05, 3.63) is 28.3 Å². The Labute approximate surface area is 134 Å². The van der Waals surface area contributed by atoms with Crippen molar-refractivity contribution >= 4 is 15.7 Å².